The summed E-state index contributed by atoms with van der Waals surface area (Å²) in [7, 11) is -3.37. The lowest BCUT2D eigenvalue weighted by atomic mass is 10.3. The number of nitro groups is 1. The molecule has 82 valence electrons. The van der Waals surface area contributed by atoms with E-state index in [9.17, 15) is 18.5 Å². The molecule has 6 nitrogen and oxygen atoms in total. The Kier molecular flexibility index (Phi) is 2.94. The third-order valence-electron chi connectivity index (χ3n) is 1.93. The molecule has 1 aromatic rings. The van der Waals surface area contributed by atoms with E-state index in [-0.39, 0.29) is 22.0 Å². The van der Waals surface area contributed by atoms with E-state index in [0.29, 0.717) is 0 Å². The Morgan fingerprint density at radius 2 is 2.07 bits per heavy atom. The summed E-state index contributed by atoms with van der Waals surface area (Å²) >= 11 is 0. The van der Waals surface area contributed by atoms with Gasteiger partial charge in [0.15, 0.2) is 9.84 Å². The maximum atomic E-state index is 11.4. The lowest BCUT2D eigenvalue weighted by Crippen LogP contribution is -2.05. The predicted octanol–water partition coefficient (Wildman–Crippen LogP) is 0.971. The van der Waals surface area contributed by atoms with E-state index in [4.69, 9.17) is 5.73 Å². The van der Waals surface area contributed by atoms with Gasteiger partial charge in [-0.2, -0.15) is 0 Å². The maximum Gasteiger partial charge on any atom is 0.292 e. The van der Waals surface area contributed by atoms with Crippen molar-refractivity contribution in [2.24, 2.45) is 0 Å². The second-order valence-corrected chi connectivity index (χ2v) is 5.16. The Morgan fingerprint density at radius 3 is 2.47 bits per heavy atom. The minimum Gasteiger partial charge on any atom is -0.393 e. The van der Waals surface area contributed by atoms with Crippen molar-refractivity contribution >= 4 is 21.2 Å². The lowest BCUT2D eigenvalue weighted by molar-refractivity contribution is -0.383. The normalized spacial score (nSPS) is 11.3. The fourth-order valence-electron chi connectivity index (χ4n) is 1.06. The molecule has 1 rings (SSSR count). The van der Waals surface area contributed by atoms with Crippen LogP contribution in [0.2, 0.25) is 0 Å². The molecule has 0 aromatic heterocycles. The number of nitrogen functional groups attached to an aromatic ring is 1. The molecule has 0 bridgehead atoms. The number of anilines is 1. The summed E-state index contributed by atoms with van der Waals surface area (Å²) in [6.07, 6.45) is 0. The van der Waals surface area contributed by atoms with Crippen molar-refractivity contribution in [3.8, 4) is 0 Å². The number of hydrogen-bond donors (Lipinski definition) is 1. The Bertz CT molecular complexity index is 495. The molecular weight excluding hydrogens is 220 g/mol. The van der Waals surface area contributed by atoms with Gasteiger partial charge in [0.1, 0.15) is 5.69 Å². The number of rotatable bonds is 3. The number of nitro benzene ring substituents is 1. The molecule has 0 saturated heterocycles. The minimum absolute atomic E-state index is 0.00750. The van der Waals surface area contributed by atoms with Gasteiger partial charge in [-0.3, -0.25) is 10.1 Å². The maximum absolute atomic E-state index is 11.4. The summed E-state index contributed by atoms with van der Waals surface area (Å²) in [4.78, 5) is 9.78. The van der Waals surface area contributed by atoms with Crippen molar-refractivity contribution in [1.82, 2.24) is 0 Å². The number of sulfone groups is 1. The van der Waals surface area contributed by atoms with Crippen molar-refractivity contribution in [3.05, 3.63) is 28.3 Å². The summed E-state index contributed by atoms with van der Waals surface area (Å²) in [5.74, 6) is -0.0652. The van der Waals surface area contributed by atoms with E-state index < -0.39 is 14.8 Å². The van der Waals surface area contributed by atoms with E-state index in [2.05, 4.69) is 0 Å². The predicted molar refractivity (Wildman–Crippen MR) is 55.2 cm³/mol. The summed E-state index contributed by atoms with van der Waals surface area (Å²) in [6.45, 7) is 1.49. The van der Waals surface area contributed by atoms with Gasteiger partial charge < -0.3 is 5.73 Å². The van der Waals surface area contributed by atoms with Crippen LogP contribution < -0.4 is 5.73 Å². The fourth-order valence-corrected chi connectivity index (χ4v) is 1.97. The van der Waals surface area contributed by atoms with E-state index in [1.165, 1.54) is 13.0 Å². The van der Waals surface area contributed by atoms with Crippen LogP contribution in [0.4, 0.5) is 11.4 Å². The van der Waals surface area contributed by atoms with E-state index in [1.54, 1.807) is 0 Å². The largest absolute Gasteiger partial charge is 0.393 e. The Balaban J connectivity index is 3.30. The molecule has 0 aliphatic heterocycles. The van der Waals surface area contributed by atoms with Crippen LogP contribution in [0, 0.1) is 10.1 Å². The zero-order valence-electron chi connectivity index (χ0n) is 8.00. The van der Waals surface area contributed by atoms with Crippen LogP contribution in [0.3, 0.4) is 0 Å². The second kappa shape index (κ2) is 3.85. The topological polar surface area (TPSA) is 103 Å². The van der Waals surface area contributed by atoms with Crippen molar-refractivity contribution in [2.45, 2.75) is 11.8 Å². The molecule has 0 atom stereocenters. The molecule has 0 amide bonds. The highest BCUT2D eigenvalue weighted by atomic mass is 32.2. The molecule has 0 aliphatic rings. The van der Waals surface area contributed by atoms with E-state index in [0.717, 1.165) is 12.1 Å². The molecule has 0 heterocycles. The molecule has 0 aliphatic carbocycles. The average Bonchev–Trinajstić information content (AvgIpc) is 2.17. The van der Waals surface area contributed by atoms with Gasteiger partial charge in [0, 0.05) is 6.07 Å². The van der Waals surface area contributed by atoms with Gasteiger partial charge in [0.2, 0.25) is 0 Å². The standard InChI is InChI=1S/C8H10N2O4S/c1-2-15(13,14)6-3-4-8(10(11)12)7(9)5-6/h3-5H,2,9H2,1H3. The summed E-state index contributed by atoms with van der Waals surface area (Å²) < 4.78 is 22.8. The lowest BCUT2D eigenvalue weighted by Gasteiger charge is -2.02. The summed E-state index contributed by atoms with van der Waals surface area (Å²) in [6, 6.07) is 3.39. The van der Waals surface area contributed by atoms with Crippen LogP contribution in [0.15, 0.2) is 23.1 Å². The van der Waals surface area contributed by atoms with Crippen LogP contribution >= 0.6 is 0 Å². The minimum atomic E-state index is -3.37. The number of nitrogens with zero attached hydrogens (tertiary/aromatic N) is 1. The molecular formula is C8H10N2O4S. The van der Waals surface area contributed by atoms with Crippen molar-refractivity contribution < 1.29 is 13.3 Å². The first kappa shape index (κ1) is 11.4. The first-order valence-corrected chi connectivity index (χ1v) is 5.80. The van der Waals surface area contributed by atoms with Gasteiger partial charge in [0.25, 0.3) is 5.69 Å². The molecule has 15 heavy (non-hydrogen) atoms. The molecule has 0 spiro atoms. The van der Waals surface area contributed by atoms with Gasteiger partial charge in [-0.25, -0.2) is 8.42 Å². The van der Waals surface area contributed by atoms with Crippen LogP contribution in [-0.2, 0) is 9.84 Å². The van der Waals surface area contributed by atoms with Gasteiger partial charge in [-0.1, -0.05) is 6.92 Å². The monoisotopic (exact) mass is 230 g/mol. The molecule has 7 heteroatoms. The van der Waals surface area contributed by atoms with Crippen LogP contribution in [0.25, 0.3) is 0 Å². The van der Waals surface area contributed by atoms with Gasteiger partial charge in [-0.15, -0.1) is 0 Å². The Labute approximate surface area is 86.8 Å². The molecule has 2 N–H and O–H groups in total. The van der Waals surface area contributed by atoms with Crippen molar-refractivity contribution in [2.75, 3.05) is 11.5 Å². The average molecular weight is 230 g/mol. The molecule has 0 fully saturated rings. The molecule has 0 saturated carbocycles. The van der Waals surface area contributed by atoms with Crippen molar-refractivity contribution in [3.63, 3.8) is 0 Å². The fraction of sp³-hybridized carbons (Fsp3) is 0.250. The van der Waals surface area contributed by atoms with Crippen LogP contribution in [0.5, 0.6) is 0 Å². The molecule has 1 aromatic carbocycles. The van der Waals surface area contributed by atoms with Crippen molar-refractivity contribution in [1.29, 1.82) is 0 Å². The highest BCUT2D eigenvalue weighted by Gasteiger charge is 2.17. The highest BCUT2D eigenvalue weighted by Crippen LogP contribution is 2.24. The number of nitrogens with two attached hydrogens (primary N) is 1. The molecule has 0 unspecified atom stereocenters. The van der Waals surface area contributed by atoms with E-state index >= 15 is 0 Å². The zero-order chi connectivity index (χ0) is 11.6. The SMILES string of the molecule is CCS(=O)(=O)c1ccc([N+](=O)[O-])c(N)c1. The summed E-state index contributed by atoms with van der Waals surface area (Å²) in [5, 5.41) is 10.4. The zero-order valence-corrected chi connectivity index (χ0v) is 8.82. The van der Waals surface area contributed by atoms with Crippen LogP contribution in [-0.4, -0.2) is 19.1 Å². The third-order valence-corrected chi connectivity index (χ3v) is 3.67. The first-order valence-electron chi connectivity index (χ1n) is 4.15. The molecule has 0 radical (unpaired) electrons. The second-order valence-electron chi connectivity index (χ2n) is 2.88. The van der Waals surface area contributed by atoms with E-state index in [1.807, 2.05) is 0 Å². The van der Waals surface area contributed by atoms with Gasteiger partial charge >= 0.3 is 0 Å². The number of benzene rings is 1. The van der Waals surface area contributed by atoms with Crippen LogP contribution in [0.1, 0.15) is 6.92 Å². The summed E-state index contributed by atoms with van der Waals surface area (Å²) in [5.41, 5.74) is 4.94. The quantitative estimate of drug-likeness (QED) is 0.473. The smallest absolute Gasteiger partial charge is 0.292 e. The first-order chi connectivity index (χ1) is 6.88. The van der Waals surface area contributed by atoms with Gasteiger partial charge in [-0.05, 0) is 12.1 Å². The Morgan fingerprint density at radius 1 is 1.47 bits per heavy atom. The van der Waals surface area contributed by atoms with Gasteiger partial charge in [0.05, 0.1) is 15.6 Å². The number of hydrogen-bond acceptors (Lipinski definition) is 5. The Hall–Kier alpha value is -1.63. The highest BCUT2D eigenvalue weighted by molar-refractivity contribution is 7.91. The third kappa shape index (κ3) is 2.24.